The SMILES string of the molecule is COc1ccc(OC)c(CSc2ccc(N)cn2)c1. The van der Waals surface area contributed by atoms with Crippen molar-refractivity contribution in [3.05, 3.63) is 42.1 Å². The molecule has 0 radical (unpaired) electrons. The molecule has 0 spiro atoms. The zero-order valence-corrected chi connectivity index (χ0v) is 11.7. The fourth-order valence-electron chi connectivity index (χ4n) is 1.62. The first-order valence-electron chi connectivity index (χ1n) is 5.78. The smallest absolute Gasteiger partial charge is 0.123 e. The number of ether oxygens (including phenoxy) is 2. The Labute approximate surface area is 116 Å². The normalized spacial score (nSPS) is 10.2. The molecular weight excluding hydrogens is 260 g/mol. The minimum atomic E-state index is 0.670. The molecule has 2 N–H and O–H groups in total. The van der Waals surface area contributed by atoms with Gasteiger partial charge in [-0.15, -0.1) is 11.8 Å². The lowest BCUT2D eigenvalue weighted by Crippen LogP contribution is -1.93. The van der Waals surface area contributed by atoms with Crippen molar-refractivity contribution < 1.29 is 9.47 Å². The number of nitrogen functional groups attached to an aromatic ring is 1. The van der Waals surface area contributed by atoms with E-state index in [0.29, 0.717) is 5.69 Å². The first-order valence-corrected chi connectivity index (χ1v) is 6.76. The average molecular weight is 276 g/mol. The molecule has 0 fully saturated rings. The second-order valence-corrected chi connectivity index (χ2v) is 4.89. The van der Waals surface area contributed by atoms with Gasteiger partial charge in [0.2, 0.25) is 0 Å². The molecule has 0 saturated heterocycles. The Morgan fingerprint density at radius 3 is 2.63 bits per heavy atom. The quantitative estimate of drug-likeness (QED) is 0.851. The highest BCUT2D eigenvalue weighted by Crippen LogP contribution is 2.30. The second kappa shape index (κ2) is 6.33. The molecule has 1 heterocycles. The van der Waals surface area contributed by atoms with Crippen LogP contribution in [0.15, 0.2) is 41.6 Å². The number of pyridine rings is 1. The zero-order chi connectivity index (χ0) is 13.7. The maximum absolute atomic E-state index is 5.61. The predicted octanol–water partition coefficient (Wildman–Crippen LogP) is 2.97. The number of aromatic nitrogens is 1. The van der Waals surface area contributed by atoms with Crippen LogP contribution in [0.4, 0.5) is 5.69 Å². The summed E-state index contributed by atoms with van der Waals surface area (Å²) in [5, 5.41) is 0.930. The summed E-state index contributed by atoms with van der Waals surface area (Å²) in [5.41, 5.74) is 7.35. The third-order valence-electron chi connectivity index (χ3n) is 2.62. The molecule has 0 aliphatic carbocycles. The molecule has 0 unspecified atom stereocenters. The van der Waals surface area contributed by atoms with E-state index in [2.05, 4.69) is 4.98 Å². The van der Waals surface area contributed by atoms with Crippen LogP contribution in [0.25, 0.3) is 0 Å². The maximum Gasteiger partial charge on any atom is 0.123 e. The number of benzene rings is 1. The van der Waals surface area contributed by atoms with E-state index in [1.165, 1.54) is 0 Å². The Hall–Kier alpha value is -1.88. The third kappa shape index (κ3) is 3.54. The molecule has 1 aromatic carbocycles. The van der Waals surface area contributed by atoms with Gasteiger partial charge in [0.15, 0.2) is 0 Å². The van der Waals surface area contributed by atoms with Crippen molar-refractivity contribution in [2.75, 3.05) is 20.0 Å². The van der Waals surface area contributed by atoms with Crippen LogP contribution in [0.3, 0.4) is 0 Å². The summed E-state index contributed by atoms with van der Waals surface area (Å²) in [5.74, 6) is 2.43. The van der Waals surface area contributed by atoms with E-state index in [0.717, 1.165) is 27.8 Å². The summed E-state index contributed by atoms with van der Waals surface area (Å²) in [6, 6.07) is 9.52. The highest BCUT2D eigenvalue weighted by molar-refractivity contribution is 7.98. The third-order valence-corrected chi connectivity index (χ3v) is 3.61. The van der Waals surface area contributed by atoms with Crippen LogP contribution < -0.4 is 15.2 Å². The van der Waals surface area contributed by atoms with Crippen LogP contribution in [0.2, 0.25) is 0 Å². The maximum atomic E-state index is 5.61. The van der Waals surface area contributed by atoms with Crippen molar-refractivity contribution in [3.63, 3.8) is 0 Å². The number of hydrogen-bond donors (Lipinski definition) is 1. The van der Waals surface area contributed by atoms with E-state index >= 15 is 0 Å². The second-order valence-electron chi connectivity index (χ2n) is 3.90. The van der Waals surface area contributed by atoms with Crippen LogP contribution in [-0.4, -0.2) is 19.2 Å². The number of rotatable bonds is 5. The highest BCUT2D eigenvalue weighted by Gasteiger charge is 2.06. The molecule has 2 rings (SSSR count). The van der Waals surface area contributed by atoms with E-state index in [1.54, 1.807) is 32.2 Å². The van der Waals surface area contributed by atoms with Gasteiger partial charge in [0.05, 0.1) is 31.1 Å². The molecule has 4 nitrogen and oxygen atoms in total. The number of nitrogens with two attached hydrogens (primary N) is 1. The van der Waals surface area contributed by atoms with E-state index in [9.17, 15) is 0 Å². The lowest BCUT2D eigenvalue weighted by atomic mass is 10.2. The Morgan fingerprint density at radius 1 is 1.16 bits per heavy atom. The van der Waals surface area contributed by atoms with E-state index in [1.807, 2.05) is 30.3 Å². The molecule has 0 atom stereocenters. The summed E-state index contributed by atoms with van der Waals surface area (Å²) < 4.78 is 10.6. The van der Waals surface area contributed by atoms with E-state index in [-0.39, 0.29) is 0 Å². The van der Waals surface area contributed by atoms with Crippen LogP contribution in [-0.2, 0) is 5.75 Å². The molecular formula is C14H16N2O2S. The van der Waals surface area contributed by atoms with Crippen molar-refractivity contribution in [2.45, 2.75) is 10.8 Å². The number of methoxy groups -OCH3 is 2. The topological polar surface area (TPSA) is 57.4 Å². The Bertz CT molecular complexity index is 544. The molecule has 0 amide bonds. The number of hydrogen-bond acceptors (Lipinski definition) is 5. The number of thioether (sulfide) groups is 1. The molecule has 100 valence electrons. The Morgan fingerprint density at radius 2 is 2.00 bits per heavy atom. The van der Waals surface area contributed by atoms with Crippen molar-refractivity contribution in [3.8, 4) is 11.5 Å². The molecule has 2 aromatic rings. The average Bonchev–Trinajstić information content (AvgIpc) is 2.46. The van der Waals surface area contributed by atoms with Crippen LogP contribution >= 0.6 is 11.8 Å². The minimum Gasteiger partial charge on any atom is -0.497 e. The van der Waals surface area contributed by atoms with Gasteiger partial charge in [-0.05, 0) is 30.3 Å². The Balaban J connectivity index is 2.11. The fourth-order valence-corrected chi connectivity index (χ4v) is 2.44. The van der Waals surface area contributed by atoms with Gasteiger partial charge in [0.25, 0.3) is 0 Å². The van der Waals surface area contributed by atoms with Crippen LogP contribution in [0.5, 0.6) is 11.5 Å². The lowest BCUT2D eigenvalue weighted by molar-refractivity contribution is 0.400. The molecule has 0 bridgehead atoms. The summed E-state index contributed by atoms with van der Waals surface area (Å²) in [6.45, 7) is 0. The van der Waals surface area contributed by atoms with Crippen molar-refractivity contribution in [2.24, 2.45) is 0 Å². The standard InChI is InChI=1S/C14H16N2O2S/c1-17-12-4-5-13(18-2)10(7-12)9-19-14-6-3-11(15)8-16-14/h3-8H,9,15H2,1-2H3. The predicted molar refractivity (Wildman–Crippen MR) is 77.8 cm³/mol. The molecule has 5 heteroatoms. The zero-order valence-electron chi connectivity index (χ0n) is 10.9. The van der Waals surface area contributed by atoms with Gasteiger partial charge in [0, 0.05) is 11.3 Å². The number of nitrogens with zero attached hydrogens (tertiary/aromatic N) is 1. The first-order chi connectivity index (χ1) is 9.22. The number of anilines is 1. The van der Waals surface area contributed by atoms with Gasteiger partial charge in [-0.2, -0.15) is 0 Å². The summed E-state index contributed by atoms with van der Waals surface area (Å²) in [6.07, 6.45) is 1.66. The fraction of sp³-hybridized carbons (Fsp3) is 0.214. The van der Waals surface area contributed by atoms with Crippen LogP contribution in [0, 0.1) is 0 Å². The van der Waals surface area contributed by atoms with Crippen molar-refractivity contribution in [1.29, 1.82) is 0 Å². The van der Waals surface area contributed by atoms with Crippen LogP contribution in [0.1, 0.15) is 5.56 Å². The molecule has 0 aliphatic rings. The first kappa shape index (κ1) is 13.5. The van der Waals surface area contributed by atoms with Gasteiger partial charge in [-0.1, -0.05) is 0 Å². The van der Waals surface area contributed by atoms with Gasteiger partial charge in [-0.3, -0.25) is 0 Å². The van der Waals surface area contributed by atoms with Gasteiger partial charge in [-0.25, -0.2) is 4.98 Å². The summed E-state index contributed by atoms with van der Waals surface area (Å²) >= 11 is 1.63. The Kier molecular flexibility index (Phi) is 4.52. The minimum absolute atomic E-state index is 0.670. The van der Waals surface area contributed by atoms with Gasteiger partial charge < -0.3 is 15.2 Å². The monoisotopic (exact) mass is 276 g/mol. The molecule has 19 heavy (non-hydrogen) atoms. The van der Waals surface area contributed by atoms with Crippen molar-refractivity contribution >= 4 is 17.4 Å². The lowest BCUT2D eigenvalue weighted by Gasteiger charge is -2.10. The molecule has 0 saturated carbocycles. The van der Waals surface area contributed by atoms with E-state index in [4.69, 9.17) is 15.2 Å². The van der Waals surface area contributed by atoms with E-state index < -0.39 is 0 Å². The highest BCUT2D eigenvalue weighted by atomic mass is 32.2. The van der Waals surface area contributed by atoms with Crippen molar-refractivity contribution in [1.82, 2.24) is 4.98 Å². The summed E-state index contributed by atoms with van der Waals surface area (Å²) in [4.78, 5) is 4.26. The van der Waals surface area contributed by atoms with Gasteiger partial charge >= 0.3 is 0 Å². The molecule has 1 aromatic heterocycles. The van der Waals surface area contributed by atoms with Gasteiger partial charge in [0.1, 0.15) is 11.5 Å². The summed E-state index contributed by atoms with van der Waals surface area (Å²) in [7, 11) is 3.32. The largest absolute Gasteiger partial charge is 0.497 e. The molecule has 0 aliphatic heterocycles.